The molecule has 3 rings (SSSR count). The predicted octanol–water partition coefficient (Wildman–Crippen LogP) is 1.47. The maximum absolute atomic E-state index is 11.8. The molecule has 1 aliphatic rings. The number of phenols is 1. The zero-order valence-corrected chi connectivity index (χ0v) is 13.3. The third-order valence-corrected chi connectivity index (χ3v) is 5.01. The number of carbonyl (C=O) groups is 1. The largest absolute Gasteiger partial charge is 0.506 e. The Balaban J connectivity index is 1.88. The van der Waals surface area contributed by atoms with Gasteiger partial charge in [-0.25, -0.2) is 9.03 Å². The van der Waals surface area contributed by atoms with Gasteiger partial charge in [0.15, 0.2) is 0 Å². The average Bonchev–Trinajstić information content (AvgIpc) is 2.72. The van der Waals surface area contributed by atoms with Crippen LogP contribution in [-0.2, 0) is 21.4 Å². The predicted molar refractivity (Wildman–Crippen MR) is 86.5 cm³/mol. The van der Waals surface area contributed by atoms with Gasteiger partial charge in [-0.3, -0.25) is 4.79 Å². The van der Waals surface area contributed by atoms with Crippen LogP contribution in [0.4, 0.5) is 5.69 Å². The molecule has 0 saturated carbocycles. The molecular formula is C16H16N2O4S. The normalized spacial score (nSPS) is 16.4. The molecule has 0 atom stereocenters. The fourth-order valence-corrected chi connectivity index (χ4v) is 3.77. The number of phenolic OH excluding ortho intramolecular Hbond substituents is 1. The highest BCUT2D eigenvalue weighted by molar-refractivity contribution is 7.92. The van der Waals surface area contributed by atoms with E-state index in [-0.39, 0.29) is 18.0 Å². The monoisotopic (exact) mass is 332 g/mol. The van der Waals surface area contributed by atoms with Gasteiger partial charge >= 0.3 is 10.2 Å². The van der Waals surface area contributed by atoms with Crippen molar-refractivity contribution < 1.29 is 18.3 Å². The van der Waals surface area contributed by atoms with E-state index in [1.807, 2.05) is 29.8 Å². The van der Waals surface area contributed by atoms with Gasteiger partial charge in [0.05, 0.1) is 5.69 Å². The van der Waals surface area contributed by atoms with Gasteiger partial charge in [-0.05, 0) is 36.6 Å². The van der Waals surface area contributed by atoms with Crippen molar-refractivity contribution in [3.05, 3.63) is 59.2 Å². The molecule has 7 heteroatoms. The average molecular weight is 332 g/mol. The molecule has 2 aromatic carbocycles. The quantitative estimate of drug-likeness (QED) is 0.891. The van der Waals surface area contributed by atoms with Crippen LogP contribution in [0.3, 0.4) is 0 Å². The summed E-state index contributed by atoms with van der Waals surface area (Å²) < 4.78 is 26.4. The molecule has 0 spiro atoms. The Labute approximate surface area is 134 Å². The summed E-state index contributed by atoms with van der Waals surface area (Å²) in [4.78, 5) is 11.3. The van der Waals surface area contributed by atoms with E-state index in [1.54, 1.807) is 6.07 Å². The van der Waals surface area contributed by atoms with Gasteiger partial charge in [0, 0.05) is 0 Å². The van der Waals surface area contributed by atoms with Gasteiger partial charge in [0.1, 0.15) is 12.3 Å². The number of carbonyl (C=O) groups excluding carboxylic acids is 1. The van der Waals surface area contributed by atoms with E-state index < -0.39 is 16.1 Å². The lowest BCUT2D eigenvalue weighted by atomic mass is 10.0. The first-order chi connectivity index (χ1) is 10.8. The van der Waals surface area contributed by atoms with Gasteiger partial charge in [-0.15, -0.1) is 0 Å². The molecule has 6 nitrogen and oxygen atoms in total. The second kappa shape index (κ2) is 5.58. The first-order valence-corrected chi connectivity index (χ1v) is 8.50. The highest BCUT2D eigenvalue weighted by atomic mass is 32.2. The number of amides is 1. The van der Waals surface area contributed by atoms with Crippen LogP contribution in [0.15, 0.2) is 42.5 Å². The van der Waals surface area contributed by atoms with Crippen molar-refractivity contribution in [1.82, 2.24) is 4.72 Å². The van der Waals surface area contributed by atoms with Crippen LogP contribution in [0.2, 0.25) is 0 Å². The topological polar surface area (TPSA) is 86.7 Å². The maximum atomic E-state index is 11.8. The molecule has 120 valence electrons. The third-order valence-electron chi connectivity index (χ3n) is 3.62. The van der Waals surface area contributed by atoms with Crippen molar-refractivity contribution in [1.29, 1.82) is 0 Å². The number of benzene rings is 2. The van der Waals surface area contributed by atoms with E-state index >= 15 is 0 Å². The molecule has 2 aromatic rings. The fraction of sp³-hybridized carbons (Fsp3) is 0.188. The van der Waals surface area contributed by atoms with E-state index in [2.05, 4.69) is 6.07 Å². The summed E-state index contributed by atoms with van der Waals surface area (Å²) in [6, 6.07) is 12.8. The summed E-state index contributed by atoms with van der Waals surface area (Å²) in [6.45, 7) is 1.68. The number of anilines is 1. The summed E-state index contributed by atoms with van der Waals surface area (Å²) in [5.74, 6) is -0.788. The number of hydrogen-bond acceptors (Lipinski definition) is 4. The number of nitrogens with one attached hydrogen (secondary N) is 1. The van der Waals surface area contributed by atoms with E-state index in [9.17, 15) is 18.3 Å². The zero-order valence-electron chi connectivity index (χ0n) is 12.5. The van der Waals surface area contributed by atoms with Crippen molar-refractivity contribution in [3.8, 4) is 5.75 Å². The van der Waals surface area contributed by atoms with Crippen LogP contribution in [0.5, 0.6) is 5.75 Å². The zero-order chi connectivity index (χ0) is 16.6. The van der Waals surface area contributed by atoms with Crippen LogP contribution in [0.25, 0.3) is 0 Å². The molecule has 0 unspecified atom stereocenters. The Hall–Kier alpha value is -2.54. The maximum Gasteiger partial charge on any atom is 0.326 e. The van der Waals surface area contributed by atoms with Crippen LogP contribution >= 0.6 is 0 Å². The van der Waals surface area contributed by atoms with Crippen LogP contribution in [0, 0.1) is 6.92 Å². The molecule has 1 fully saturated rings. The first-order valence-electron chi connectivity index (χ1n) is 7.06. The second-order valence-electron chi connectivity index (χ2n) is 5.53. The summed E-state index contributed by atoms with van der Waals surface area (Å²) in [7, 11) is -3.92. The molecule has 1 amide bonds. The number of rotatable bonds is 3. The smallest absolute Gasteiger partial charge is 0.326 e. The molecule has 1 saturated heterocycles. The molecule has 2 N–H and O–H groups in total. The van der Waals surface area contributed by atoms with E-state index in [0.29, 0.717) is 6.42 Å². The molecule has 23 heavy (non-hydrogen) atoms. The summed E-state index contributed by atoms with van der Waals surface area (Å²) in [5, 5.41) is 10.2. The second-order valence-corrected chi connectivity index (χ2v) is 7.12. The van der Waals surface area contributed by atoms with Gasteiger partial charge in [-0.1, -0.05) is 35.9 Å². The first kappa shape index (κ1) is 15.4. The lowest BCUT2D eigenvalue weighted by Gasteiger charge is -2.16. The third kappa shape index (κ3) is 3.14. The van der Waals surface area contributed by atoms with Gasteiger partial charge < -0.3 is 5.11 Å². The molecule has 0 radical (unpaired) electrons. The molecular weight excluding hydrogens is 316 g/mol. The van der Waals surface area contributed by atoms with E-state index in [0.717, 1.165) is 21.0 Å². The van der Waals surface area contributed by atoms with E-state index in [1.165, 1.54) is 12.1 Å². The number of hydrogen-bond donors (Lipinski definition) is 2. The van der Waals surface area contributed by atoms with Gasteiger partial charge in [0.25, 0.3) is 5.91 Å². The Morgan fingerprint density at radius 2 is 1.91 bits per heavy atom. The summed E-state index contributed by atoms with van der Waals surface area (Å²) in [6.07, 6.45) is 0.624. The fourth-order valence-electron chi connectivity index (χ4n) is 2.61. The molecule has 0 bridgehead atoms. The van der Waals surface area contributed by atoms with Gasteiger partial charge in [0.2, 0.25) is 0 Å². The molecule has 0 aliphatic carbocycles. The Morgan fingerprint density at radius 3 is 2.52 bits per heavy atom. The molecule has 1 heterocycles. The van der Waals surface area contributed by atoms with E-state index in [4.69, 9.17) is 0 Å². The lowest BCUT2D eigenvalue weighted by Crippen LogP contribution is -2.29. The minimum Gasteiger partial charge on any atom is -0.506 e. The van der Waals surface area contributed by atoms with Crippen molar-refractivity contribution in [2.75, 3.05) is 10.8 Å². The highest BCUT2D eigenvalue weighted by Gasteiger charge is 2.35. The molecule has 1 aliphatic heterocycles. The standard InChI is InChI=1S/C16H16N2O4S/c1-11-3-2-4-12(7-11)8-13-5-6-14(15(19)9-13)18-10-16(20)17-23(18,21)22/h2-7,9,19H,8,10H2,1H3,(H,17,20). The SMILES string of the molecule is Cc1cccc(Cc2ccc(N3CC(=O)NS3(=O)=O)c(O)c2)c1. The van der Waals surface area contributed by atoms with Crippen molar-refractivity contribution in [2.45, 2.75) is 13.3 Å². The van der Waals surface area contributed by atoms with Crippen LogP contribution in [0.1, 0.15) is 16.7 Å². The van der Waals surface area contributed by atoms with Crippen molar-refractivity contribution in [2.24, 2.45) is 0 Å². The summed E-state index contributed by atoms with van der Waals surface area (Å²) in [5.41, 5.74) is 3.20. The van der Waals surface area contributed by atoms with Crippen molar-refractivity contribution in [3.63, 3.8) is 0 Å². The Kier molecular flexibility index (Phi) is 3.73. The molecule has 0 aromatic heterocycles. The lowest BCUT2D eigenvalue weighted by molar-refractivity contribution is -0.117. The Morgan fingerprint density at radius 1 is 1.17 bits per heavy atom. The van der Waals surface area contributed by atoms with Crippen LogP contribution in [-0.4, -0.2) is 26.0 Å². The summed E-state index contributed by atoms with van der Waals surface area (Å²) >= 11 is 0. The Bertz CT molecular complexity index is 877. The number of aryl methyl sites for hydroxylation is 1. The van der Waals surface area contributed by atoms with Gasteiger partial charge in [-0.2, -0.15) is 8.42 Å². The highest BCUT2D eigenvalue weighted by Crippen LogP contribution is 2.31. The number of nitrogens with zero attached hydrogens (tertiary/aromatic N) is 1. The van der Waals surface area contributed by atoms with Crippen molar-refractivity contribution >= 4 is 21.8 Å². The van der Waals surface area contributed by atoms with Crippen LogP contribution < -0.4 is 9.03 Å². The minimum absolute atomic E-state index is 0.0938. The number of aromatic hydroxyl groups is 1. The minimum atomic E-state index is -3.92.